The van der Waals surface area contributed by atoms with E-state index in [1.54, 1.807) is 11.8 Å². The highest BCUT2D eigenvalue weighted by atomic mass is 31.1. The molecule has 4 rings (SSSR count). The molecule has 2 unspecified atom stereocenters. The fraction of sp³-hybridized carbons (Fsp3) is 0.304. The van der Waals surface area contributed by atoms with Gasteiger partial charge in [-0.2, -0.15) is 0 Å². The summed E-state index contributed by atoms with van der Waals surface area (Å²) in [6, 6.07) is 3.32. The van der Waals surface area contributed by atoms with Crippen LogP contribution in [0.3, 0.4) is 0 Å². The number of amides is 1. The van der Waals surface area contributed by atoms with E-state index < -0.39 is 5.82 Å². The van der Waals surface area contributed by atoms with Gasteiger partial charge < -0.3 is 14.2 Å². The van der Waals surface area contributed by atoms with Gasteiger partial charge in [0.1, 0.15) is 5.52 Å². The number of carbonyl (C=O) groups is 1. The number of carbonyl (C=O) groups excluding carboxylic acids is 1. The number of allylic oxidation sites excluding steroid dienone is 3. The Morgan fingerprint density at radius 2 is 2.23 bits per heavy atom. The average Bonchev–Trinajstić information content (AvgIpc) is 3.13. The minimum Gasteiger partial charge on any atom is -0.441 e. The minimum absolute atomic E-state index is 0.0977. The summed E-state index contributed by atoms with van der Waals surface area (Å²) in [7, 11) is 2.38. The molecule has 156 valence electrons. The molecule has 0 bridgehead atoms. The lowest BCUT2D eigenvalue weighted by molar-refractivity contribution is -0.116. The molecule has 1 aromatic carbocycles. The maximum Gasteiger partial charge on any atom is 0.214 e. The Morgan fingerprint density at radius 1 is 1.40 bits per heavy atom. The second kappa shape index (κ2) is 8.66. The van der Waals surface area contributed by atoms with E-state index in [1.165, 1.54) is 11.6 Å². The molecule has 0 spiro atoms. The van der Waals surface area contributed by atoms with Crippen molar-refractivity contribution in [3.8, 4) is 0 Å². The summed E-state index contributed by atoms with van der Waals surface area (Å²) in [5.41, 5.74) is 3.81. The molecular formula is C23H25FN3O2P. The van der Waals surface area contributed by atoms with Crippen LogP contribution in [0, 0.1) is 12.7 Å². The molecule has 2 aliphatic heterocycles. The van der Waals surface area contributed by atoms with Gasteiger partial charge in [-0.25, -0.2) is 9.37 Å². The maximum absolute atomic E-state index is 14.5. The summed E-state index contributed by atoms with van der Waals surface area (Å²) in [5, 5.41) is 0.974. The Labute approximate surface area is 177 Å². The average molecular weight is 425 g/mol. The zero-order chi connectivity index (χ0) is 21.3. The molecule has 2 aromatic rings. The predicted molar refractivity (Wildman–Crippen MR) is 120 cm³/mol. The van der Waals surface area contributed by atoms with Gasteiger partial charge in [0.15, 0.2) is 17.3 Å². The van der Waals surface area contributed by atoms with Crippen LogP contribution in [-0.4, -0.2) is 47.1 Å². The number of aromatic nitrogens is 1. The standard InChI is InChI=1S/C23H25FN3O2P/c1-4-21(18-11-19(24)23-20(12-18)29-15(2)25-23)30-22-6-5-17(13-27(22)14-28)16-7-9-26(3)10-8-16/h4-7,11-14,22,30H,8-10H2,1-3H3/b21-4-. The van der Waals surface area contributed by atoms with E-state index in [4.69, 9.17) is 4.42 Å². The van der Waals surface area contributed by atoms with Crippen molar-refractivity contribution in [3.05, 3.63) is 71.1 Å². The number of fused-ring (bicyclic) bond motifs is 1. The number of rotatable bonds is 5. The number of oxazole rings is 1. The first kappa shape index (κ1) is 20.7. The molecule has 0 N–H and O–H groups in total. The van der Waals surface area contributed by atoms with Crippen LogP contribution in [0.4, 0.5) is 4.39 Å². The van der Waals surface area contributed by atoms with Crippen LogP contribution < -0.4 is 0 Å². The smallest absolute Gasteiger partial charge is 0.214 e. The van der Waals surface area contributed by atoms with Crippen LogP contribution in [0.2, 0.25) is 0 Å². The lowest BCUT2D eigenvalue weighted by Crippen LogP contribution is -2.28. The number of nitrogens with zero attached hydrogens (tertiary/aromatic N) is 3. The molecule has 2 aliphatic rings. The van der Waals surface area contributed by atoms with E-state index in [0.29, 0.717) is 11.5 Å². The topological polar surface area (TPSA) is 49.6 Å². The molecule has 3 heterocycles. The second-order valence-electron chi connectivity index (χ2n) is 7.57. The molecule has 0 saturated carbocycles. The van der Waals surface area contributed by atoms with Crippen LogP contribution in [0.5, 0.6) is 0 Å². The Morgan fingerprint density at radius 3 is 2.93 bits per heavy atom. The molecule has 1 amide bonds. The first-order chi connectivity index (χ1) is 14.5. The minimum atomic E-state index is -0.397. The number of benzene rings is 1. The molecule has 7 heteroatoms. The third kappa shape index (κ3) is 4.16. The molecule has 0 radical (unpaired) electrons. The first-order valence-electron chi connectivity index (χ1n) is 9.99. The van der Waals surface area contributed by atoms with Crippen LogP contribution in [0.1, 0.15) is 24.8 Å². The fourth-order valence-corrected chi connectivity index (χ4v) is 5.04. The van der Waals surface area contributed by atoms with Crippen molar-refractivity contribution in [2.24, 2.45) is 0 Å². The Kier molecular flexibility index (Phi) is 5.98. The molecular weight excluding hydrogens is 400 g/mol. The predicted octanol–water partition coefficient (Wildman–Crippen LogP) is 4.81. The van der Waals surface area contributed by atoms with Gasteiger partial charge in [-0.15, -0.1) is 0 Å². The van der Waals surface area contributed by atoms with Gasteiger partial charge in [-0.1, -0.05) is 32.9 Å². The third-order valence-corrected chi connectivity index (χ3v) is 7.11. The summed E-state index contributed by atoms with van der Waals surface area (Å²) in [4.78, 5) is 19.9. The molecule has 0 saturated heterocycles. The van der Waals surface area contributed by atoms with Crippen LogP contribution in [0.25, 0.3) is 16.4 Å². The van der Waals surface area contributed by atoms with Gasteiger partial charge in [0.05, 0.1) is 5.78 Å². The third-order valence-electron chi connectivity index (χ3n) is 5.43. The Hall–Kier alpha value is -2.56. The van der Waals surface area contributed by atoms with E-state index in [2.05, 4.69) is 35.2 Å². The Bertz CT molecular complexity index is 1100. The van der Waals surface area contributed by atoms with E-state index in [1.807, 2.05) is 25.3 Å². The largest absolute Gasteiger partial charge is 0.441 e. The first-order valence-corrected chi connectivity index (χ1v) is 11.1. The summed E-state index contributed by atoms with van der Waals surface area (Å²) >= 11 is 0. The van der Waals surface area contributed by atoms with Crippen molar-refractivity contribution in [3.63, 3.8) is 0 Å². The van der Waals surface area contributed by atoms with Crippen molar-refractivity contribution in [2.75, 3.05) is 20.1 Å². The lowest BCUT2D eigenvalue weighted by Gasteiger charge is -2.30. The van der Waals surface area contributed by atoms with Crippen molar-refractivity contribution in [2.45, 2.75) is 26.1 Å². The van der Waals surface area contributed by atoms with Crippen molar-refractivity contribution in [1.29, 1.82) is 0 Å². The quantitative estimate of drug-likeness (QED) is 0.509. The SMILES string of the molecule is C/C=C(\PC1C=CC(C2=CCN(C)CC2)=CN1C=O)c1cc(F)c2nc(C)oc2c1. The summed E-state index contributed by atoms with van der Waals surface area (Å²) < 4.78 is 20.0. The highest BCUT2D eigenvalue weighted by Crippen LogP contribution is 2.42. The van der Waals surface area contributed by atoms with E-state index in [0.717, 1.165) is 42.4 Å². The van der Waals surface area contributed by atoms with Gasteiger partial charge in [-0.05, 0) is 54.5 Å². The van der Waals surface area contributed by atoms with Crippen molar-refractivity contribution in [1.82, 2.24) is 14.8 Å². The van der Waals surface area contributed by atoms with Crippen LogP contribution in [0.15, 0.2) is 58.2 Å². The number of hydrogen-bond acceptors (Lipinski definition) is 4. The van der Waals surface area contributed by atoms with E-state index >= 15 is 0 Å². The van der Waals surface area contributed by atoms with Gasteiger partial charge in [0, 0.05) is 26.2 Å². The molecule has 30 heavy (non-hydrogen) atoms. The zero-order valence-electron chi connectivity index (χ0n) is 17.4. The van der Waals surface area contributed by atoms with Gasteiger partial charge in [0.25, 0.3) is 0 Å². The molecule has 2 atom stereocenters. The summed E-state index contributed by atoms with van der Waals surface area (Å²) in [6.45, 7) is 5.57. The van der Waals surface area contributed by atoms with Gasteiger partial charge in [0.2, 0.25) is 6.41 Å². The van der Waals surface area contributed by atoms with Crippen molar-refractivity contribution >= 4 is 31.4 Å². The van der Waals surface area contributed by atoms with E-state index in [9.17, 15) is 9.18 Å². The van der Waals surface area contributed by atoms with Crippen LogP contribution >= 0.6 is 8.58 Å². The van der Waals surface area contributed by atoms with Gasteiger partial charge in [-0.3, -0.25) is 4.79 Å². The highest BCUT2D eigenvalue weighted by molar-refractivity contribution is 7.51. The van der Waals surface area contributed by atoms with E-state index in [-0.39, 0.29) is 19.9 Å². The molecule has 5 nitrogen and oxygen atoms in total. The molecule has 0 aliphatic carbocycles. The highest BCUT2D eigenvalue weighted by Gasteiger charge is 2.22. The van der Waals surface area contributed by atoms with Gasteiger partial charge >= 0.3 is 0 Å². The molecule has 1 aromatic heterocycles. The lowest BCUT2D eigenvalue weighted by atomic mass is 9.98. The Balaban J connectivity index is 1.56. The second-order valence-corrected chi connectivity index (χ2v) is 8.99. The summed E-state index contributed by atoms with van der Waals surface area (Å²) in [6.07, 6.45) is 12.1. The normalized spacial score (nSPS) is 20.9. The van der Waals surface area contributed by atoms with Crippen LogP contribution in [-0.2, 0) is 4.79 Å². The van der Waals surface area contributed by atoms with Crippen molar-refractivity contribution < 1.29 is 13.6 Å². The zero-order valence-corrected chi connectivity index (χ0v) is 18.4. The fourth-order valence-electron chi connectivity index (χ4n) is 3.77. The monoisotopic (exact) mass is 425 g/mol. The number of aryl methyl sites for hydroxylation is 1. The molecule has 0 fully saturated rings. The maximum atomic E-state index is 14.5. The number of likely N-dealkylation sites (N-methyl/N-ethyl adjacent to an activating group) is 1. The number of halogens is 1. The summed E-state index contributed by atoms with van der Waals surface area (Å²) in [5.74, 6) is -0.0559. The number of hydrogen-bond donors (Lipinski definition) is 0.